The first-order chi connectivity index (χ1) is 17.9. The lowest BCUT2D eigenvalue weighted by Gasteiger charge is -2.37. The molecule has 1 aromatic heterocycles. The van der Waals surface area contributed by atoms with Gasteiger partial charge in [0.15, 0.2) is 0 Å². The van der Waals surface area contributed by atoms with Crippen LogP contribution in [0.3, 0.4) is 0 Å². The van der Waals surface area contributed by atoms with Crippen LogP contribution in [-0.2, 0) is 13.1 Å². The van der Waals surface area contributed by atoms with E-state index in [1.54, 1.807) is 18.1 Å². The summed E-state index contributed by atoms with van der Waals surface area (Å²) in [4.78, 5) is 9.46. The molecule has 7 nitrogen and oxygen atoms in total. The summed E-state index contributed by atoms with van der Waals surface area (Å²) in [5.41, 5.74) is 5.46. The number of rotatable bonds is 11. The van der Waals surface area contributed by atoms with Crippen LogP contribution in [0, 0.1) is 0 Å². The van der Waals surface area contributed by atoms with Crippen molar-refractivity contribution in [1.82, 2.24) is 19.2 Å². The van der Waals surface area contributed by atoms with Gasteiger partial charge in [0, 0.05) is 63.1 Å². The van der Waals surface area contributed by atoms with Gasteiger partial charge in [0.05, 0.1) is 23.6 Å². The van der Waals surface area contributed by atoms with E-state index in [1.807, 2.05) is 12.1 Å². The standard InChI is InChI=1S/C27H35F2N7S/c1-5-36(37-4)35(19-23-10-9-22(17-30-23)25-16-26(27(28)29)32-31-25)24-8-6-7-21(15-24)18-33-11-13-34(14-12-33)20(2)3/h6-10,15,17,27H,2,5,11-14,16,18-19H2,1,3-4H3. The summed E-state index contributed by atoms with van der Waals surface area (Å²) in [5, 5.41) is 9.77. The van der Waals surface area contributed by atoms with Gasteiger partial charge in [-0.05, 0) is 49.9 Å². The highest BCUT2D eigenvalue weighted by Crippen LogP contribution is 2.25. The van der Waals surface area contributed by atoms with Gasteiger partial charge in [0.1, 0.15) is 5.71 Å². The van der Waals surface area contributed by atoms with Crippen molar-refractivity contribution in [3.63, 3.8) is 0 Å². The summed E-state index contributed by atoms with van der Waals surface area (Å²) in [7, 11) is 0. The van der Waals surface area contributed by atoms with Gasteiger partial charge in [0.25, 0.3) is 6.43 Å². The first kappa shape index (κ1) is 27.2. The summed E-state index contributed by atoms with van der Waals surface area (Å²) < 4.78 is 28.0. The third kappa shape index (κ3) is 6.94. The molecular weight excluding hydrogens is 492 g/mol. The van der Waals surface area contributed by atoms with Crippen molar-refractivity contribution in [2.24, 2.45) is 10.2 Å². The van der Waals surface area contributed by atoms with E-state index in [0.717, 1.165) is 61.9 Å². The summed E-state index contributed by atoms with van der Waals surface area (Å²) in [5.74, 6) is 0. The minimum absolute atomic E-state index is 0.0654. The van der Waals surface area contributed by atoms with Crippen LogP contribution in [0.2, 0.25) is 0 Å². The van der Waals surface area contributed by atoms with Crippen LogP contribution >= 0.6 is 11.9 Å². The number of alkyl halides is 2. The zero-order chi connectivity index (χ0) is 26.4. The Morgan fingerprint density at radius 2 is 1.92 bits per heavy atom. The molecule has 0 aliphatic carbocycles. The van der Waals surface area contributed by atoms with Crippen LogP contribution in [-0.4, -0.2) is 76.0 Å². The first-order valence-corrected chi connectivity index (χ1v) is 13.7. The Morgan fingerprint density at radius 1 is 1.14 bits per heavy atom. The Bertz CT molecular complexity index is 1120. The third-order valence-electron chi connectivity index (χ3n) is 6.65. The molecule has 2 aromatic rings. The molecule has 0 unspecified atom stereocenters. The molecule has 1 fully saturated rings. The fourth-order valence-electron chi connectivity index (χ4n) is 4.55. The quantitative estimate of drug-likeness (QED) is 0.301. The summed E-state index contributed by atoms with van der Waals surface area (Å²) in [6, 6.07) is 12.5. The van der Waals surface area contributed by atoms with Crippen molar-refractivity contribution < 1.29 is 8.78 Å². The number of nitrogens with zero attached hydrogens (tertiary/aromatic N) is 7. The molecule has 0 saturated carbocycles. The predicted molar refractivity (Wildman–Crippen MR) is 149 cm³/mol. The molecule has 0 bridgehead atoms. The lowest BCUT2D eigenvalue weighted by Crippen LogP contribution is -2.44. The first-order valence-electron chi connectivity index (χ1n) is 12.6. The Morgan fingerprint density at radius 3 is 2.51 bits per heavy atom. The highest BCUT2D eigenvalue weighted by Gasteiger charge is 2.23. The number of allylic oxidation sites excluding steroid dienone is 1. The van der Waals surface area contributed by atoms with E-state index in [1.165, 1.54) is 5.56 Å². The summed E-state index contributed by atoms with van der Waals surface area (Å²) in [6.07, 6.45) is 1.25. The maximum atomic E-state index is 12.9. The number of halogens is 2. The topological polar surface area (TPSA) is 50.6 Å². The minimum atomic E-state index is -2.58. The Balaban J connectivity index is 1.45. The summed E-state index contributed by atoms with van der Waals surface area (Å²) >= 11 is 1.66. The highest BCUT2D eigenvalue weighted by molar-refractivity contribution is 7.96. The number of aromatic nitrogens is 1. The number of piperazine rings is 1. The second-order valence-corrected chi connectivity index (χ2v) is 10.0. The van der Waals surface area contributed by atoms with Gasteiger partial charge in [0.2, 0.25) is 0 Å². The number of benzene rings is 1. The van der Waals surface area contributed by atoms with E-state index in [4.69, 9.17) is 0 Å². The molecule has 1 saturated heterocycles. The molecule has 0 atom stereocenters. The Kier molecular flexibility index (Phi) is 9.28. The van der Waals surface area contributed by atoms with Gasteiger partial charge >= 0.3 is 0 Å². The van der Waals surface area contributed by atoms with E-state index >= 15 is 0 Å². The van der Waals surface area contributed by atoms with Crippen molar-refractivity contribution >= 4 is 29.1 Å². The van der Waals surface area contributed by atoms with Gasteiger partial charge in [-0.2, -0.15) is 14.6 Å². The van der Waals surface area contributed by atoms with Crippen molar-refractivity contribution in [2.75, 3.05) is 44.0 Å². The molecule has 4 rings (SSSR count). The van der Waals surface area contributed by atoms with Crippen molar-refractivity contribution in [2.45, 2.75) is 39.8 Å². The minimum Gasteiger partial charge on any atom is -0.373 e. The fourth-order valence-corrected chi connectivity index (χ4v) is 5.16. The number of hydrazine groups is 1. The van der Waals surface area contributed by atoms with Crippen molar-refractivity contribution in [3.05, 3.63) is 71.7 Å². The molecule has 3 heterocycles. The molecule has 0 spiro atoms. The number of pyridine rings is 1. The van der Waals surface area contributed by atoms with Gasteiger partial charge in [-0.1, -0.05) is 30.7 Å². The molecule has 198 valence electrons. The smallest absolute Gasteiger partial charge is 0.278 e. The maximum Gasteiger partial charge on any atom is 0.278 e. The third-order valence-corrected chi connectivity index (χ3v) is 7.52. The molecule has 0 N–H and O–H groups in total. The molecular formula is C27H35F2N7S. The zero-order valence-electron chi connectivity index (χ0n) is 21.8. The van der Waals surface area contributed by atoms with Crippen LogP contribution in [0.4, 0.5) is 14.5 Å². The van der Waals surface area contributed by atoms with Crippen molar-refractivity contribution in [3.8, 4) is 0 Å². The normalized spacial score (nSPS) is 16.4. The SMILES string of the molecule is C=C(C)N1CCN(Cc2cccc(N(Cc3ccc(C4=NN=C(C(F)F)C4)cn3)N(CC)SC)c2)CC1. The van der Waals surface area contributed by atoms with Crippen LogP contribution in [0.1, 0.15) is 37.1 Å². The molecule has 2 aliphatic rings. The van der Waals surface area contributed by atoms with Gasteiger partial charge in [-0.3, -0.25) is 14.9 Å². The van der Waals surface area contributed by atoms with Crippen LogP contribution < -0.4 is 5.01 Å². The molecule has 37 heavy (non-hydrogen) atoms. The number of hydrogen-bond donors (Lipinski definition) is 0. The van der Waals surface area contributed by atoms with E-state index in [-0.39, 0.29) is 12.1 Å². The lowest BCUT2D eigenvalue weighted by molar-refractivity contribution is 0.153. The second kappa shape index (κ2) is 12.6. The summed E-state index contributed by atoms with van der Waals surface area (Å²) in [6.45, 7) is 14.7. The predicted octanol–water partition coefficient (Wildman–Crippen LogP) is 5.07. The molecule has 0 amide bonds. The highest BCUT2D eigenvalue weighted by atomic mass is 32.2. The monoisotopic (exact) mass is 527 g/mol. The molecule has 0 radical (unpaired) electrons. The maximum absolute atomic E-state index is 12.9. The lowest BCUT2D eigenvalue weighted by atomic mass is 10.1. The fraction of sp³-hybridized carbons (Fsp3) is 0.444. The second-order valence-electron chi connectivity index (χ2n) is 9.23. The van der Waals surface area contributed by atoms with Gasteiger partial charge in [-0.25, -0.2) is 8.78 Å². The van der Waals surface area contributed by atoms with E-state index in [2.05, 4.69) is 85.4 Å². The number of anilines is 1. The largest absolute Gasteiger partial charge is 0.373 e. The zero-order valence-corrected chi connectivity index (χ0v) is 22.6. The van der Waals surface area contributed by atoms with E-state index in [9.17, 15) is 8.78 Å². The van der Waals surface area contributed by atoms with Gasteiger partial charge < -0.3 is 4.90 Å². The van der Waals surface area contributed by atoms with Gasteiger partial charge in [-0.15, -0.1) is 0 Å². The average Bonchev–Trinajstić information content (AvgIpc) is 3.41. The molecule has 10 heteroatoms. The Labute approximate surface area is 222 Å². The van der Waals surface area contributed by atoms with Crippen LogP contribution in [0.15, 0.2) is 65.1 Å². The Hall–Kier alpha value is -2.82. The van der Waals surface area contributed by atoms with E-state index in [0.29, 0.717) is 12.3 Å². The van der Waals surface area contributed by atoms with E-state index < -0.39 is 6.43 Å². The average molecular weight is 528 g/mol. The van der Waals surface area contributed by atoms with Crippen molar-refractivity contribution in [1.29, 1.82) is 0 Å². The van der Waals surface area contributed by atoms with Crippen LogP contribution in [0.25, 0.3) is 0 Å². The number of hydrogen-bond acceptors (Lipinski definition) is 8. The molecule has 2 aliphatic heterocycles. The van der Waals surface area contributed by atoms with Crippen LogP contribution in [0.5, 0.6) is 0 Å². The molecule has 1 aromatic carbocycles.